The molecule has 0 aromatic heterocycles. The van der Waals surface area contributed by atoms with Crippen LogP contribution < -0.4 is 0 Å². The van der Waals surface area contributed by atoms with E-state index >= 15 is 0 Å². The maximum Gasteiger partial charge on any atom is 0.127 e. The minimum Gasteiger partial charge on any atom is -0.390 e. The zero-order chi connectivity index (χ0) is 14.5. The van der Waals surface area contributed by atoms with Crippen molar-refractivity contribution >= 4 is 15.9 Å². The molecule has 106 valence electrons. The average Bonchev–Trinajstić information content (AvgIpc) is 2.44. The van der Waals surface area contributed by atoms with E-state index in [0.717, 1.165) is 5.56 Å². The third-order valence-electron chi connectivity index (χ3n) is 3.18. The van der Waals surface area contributed by atoms with Crippen molar-refractivity contribution < 1.29 is 14.2 Å². The summed E-state index contributed by atoms with van der Waals surface area (Å²) >= 11 is 3.21. The van der Waals surface area contributed by atoms with Crippen LogP contribution in [0.15, 0.2) is 53.0 Å². The van der Waals surface area contributed by atoms with Gasteiger partial charge in [0.1, 0.15) is 11.9 Å². The molecule has 2 nitrogen and oxygen atoms in total. The molecule has 4 heteroatoms. The number of hydrogen-bond donors (Lipinski definition) is 1. The summed E-state index contributed by atoms with van der Waals surface area (Å²) < 4.78 is 19.8. The first-order chi connectivity index (χ1) is 9.61. The number of ether oxygens (including phenoxy) is 1. The molecule has 2 unspecified atom stereocenters. The predicted molar refractivity (Wildman–Crippen MR) is 80.0 cm³/mol. The summed E-state index contributed by atoms with van der Waals surface area (Å²) in [5, 5.41) is 10.3. The maximum absolute atomic E-state index is 13.8. The van der Waals surface area contributed by atoms with E-state index in [9.17, 15) is 9.50 Å². The van der Waals surface area contributed by atoms with Crippen LogP contribution in [0.25, 0.3) is 0 Å². The minimum absolute atomic E-state index is 0.201. The van der Waals surface area contributed by atoms with Crippen molar-refractivity contribution in [2.24, 2.45) is 0 Å². The van der Waals surface area contributed by atoms with Crippen LogP contribution >= 0.6 is 15.9 Å². The lowest BCUT2D eigenvalue weighted by atomic mass is 9.98. The Morgan fingerprint density at radius 1 is 1.20 bits per heavy atom. The van der Waals surface area contributed by atoms with Crippen molar-refractivity contribution in [1.82, 2.24) is 0 Å². The van der Waals surface area contributed by atoms with Gasteiger partial charge >= 0.3 is 0 Å². The topological polar surface area (TPSA) is 29.5 Å². The Labute approximate surface area is 126 Å². The van der Waals surface area contributed by atoms with Crippen LogP contribution in [0.4, 0.5) is 4.39 Å². The van der Waals surface area contributed by atoms with Crippen molar-refractivity contribution in [3.05, 3.63) is 69.9 Å². The van der Waals surface area contributed by atoms with Crippen LogP contribution in [0.3, 0.4) is 0 Å². The fourth-order valence-electron chi connectivity index (χ4n) is 2.18. The van der Waals surface area contributed by atoms with Crippen LogP contribution in [0, 0.1) is 5.82 Å². The molecule has 0 aliphatic heterocycles. The lowest BCUT2D eigenvalue weighted by molar-refractivity contribution is -0.0132. The van der Waals surface area contributed by atoms with Crippen LogP contribution in [-0.2, 0) is 11.2 Å². The van der Waals surface area contributed by atoms with E-state index < -0.39 is 12.2 Å². The fraction of sp³-hybridized carbons (Fsp3) is 0.250. The van der Waals surface area contributed by atoms with Crippen molar-refractivity contribution in [1.29, 1.82) is 0 Å². The molecule has 0 fully saturated rings. The number of aliphatic hydroxyl groups excluding tert-OH is 1. The van der Waals surface area contributed by atoms with E-state index in [0.29, 0.717) is 10.0 Å². The van der Waals surface area contributed by atoms with Gasteiger partial charge in [0.2, 0.25) is 0 Å². The summed E-state index contributed by atoms with van der Waals surface area (Å²) in [6, 6.07) is 14.3. The summed E-state index contributed by atoms with van der Waals surface area (Å²) in [7, 11) is 1.54. The van der Waals surface area contributed by atoms with Gasteiger partial charge < -0.3 is 9.84 Å². The summed E-state index contributed by atoms with van der Waals surface area (Å²) in [5.74, 6) is -0.332. The van der Waals surface area contributed by atoms with Gasteiger partial charge in [0.05, 0.1) is 6.10 Å². The fourth-order valence-corrected chi connectivity index (χ4v) is 2.51. The molecule has 0 aliphatic carbocycles. The third-order valence-corrected chi connectivity index (χ3v) is 3.67. The first-order valence-electron chi connectivity index (χ1n) is 6.31. The van der Waals surface area contributed by atoms with Gasteiger partial charge in [-0.2, -0.15) is 0 Å². The van der Waals surface area contributed by atoms with Gasteiger partial charge in [-0.1, -0.05) is 52.3 Å². The minimum atomic E-state index is -0.807. The summed E-state index contributed by atoms with van der Waals surface area (Å²) in [4.78, 5) is 0. The van der Waals surface area contributed by atoms with Crippen LogP contribution in [0.5, 0.6) is 0 Å². The Kier molecular flexibility index (Phi) is 5.29. The SMILES string of the molecule is COC(c1ccccc1)C(O)Cc1ccc(Br)cc1F. The summed E-state index contributed by atoms with van der Waals surface area (Å²) in [5.41, 5.74) is 1.35. The Morgan fingerprint density at radius 3 is 2.50 bits per heavy atom. The number of hydrogen-bond acceptors (Lipinski definition) is 2. The first-order valence-corrected chi connectivity index (χ1v) is 7.11. The van der Waals surface area contributed by atoms with Crippen molar-refractivity contribution in [2.75, 3.05) is 7.11 Å². The Bertz CT molecular complexity index is 560. The molecule has 0 bridgehead atoms. The van der Waals surface area contributed by atoms with Crippen LogP contribution in [-0.4, -0.2) is 18.3 Å². The average molecular weight is 339 g/mol. The second-order valence-corrected chi connectivity index (χ2v) is 5.49. The first kappa shape index (κ1) is 15.2. The molecule has 0 saturated heterocycles. The van der Waals surface area contributed by atoms with Crippen molar-refractivity contribution in [2.45, 2.75) is 18.6 Å². The lowest BCUT2D eigenvalue weighted by Gasteiger charge is -2.22. The molecule has 0 heterocycles. The molecular formula is C16H16BrFO2. The molecular weight excluding hydrogens is 323 g/mol. The standard InChI is InChI=1S/C16H16BrFO2/c1-20-16(11-5-3-2-4-6-11)15(19)9-12-7-8-13(17)10-14(12)18/h2-8,10,15-16,19H,9H2,1H3. The molecule has 2 aromatic carbocycles. The maximum atomic E-state index is 13.8. The largest absolute Gasteiger partial charge is 0.390 e. The van der Waals surface area contributed by atoms with Gasteiger partial charge in [0.25, 0.3) is 0 Å². The Balaban J connectivity index is 2.15. The molecule has 0 aliphatic rings. The molecule has 2 aromatic rings. The Hall–Kier alpha value is -1.23. The second kappa shape index (κ2) is 6.97. The van der Waals surface area contributed by atoms with E-state index in [2.05, 4.69) is 15.9 Å². The molecule has 0 radical (unpaired) electrons. The molecule has 0 saturated carbocycles. The molecule has 0 spiro atoms. The normalized spacial score (nSPS) is 14.0. The number of rotatable bonds is 5. The van der Waals surface area contributed by atoms with Crippen LogP contribution in [0.1, 0.15) is 17.2 Å². The predicted octanol–water partition coefficient (Wildman–Crippen LogP) is 3.88. The lowest BCUT2D eigenvalue weighted by Crippen LogP contribution is -2.23. The van der Waals surface area contributed by atoms with Crippen LogP contribution in [0.2, 0.25) is 0 Å². The van der Waals surface area contributed by atoms with Crippen molar-refractivity contribution in [3.63, 3.8) is 0 Å². The van der Waals surface area contributed by atoms with Gasteiger partial charge in [-0.15, -0.1) is 0 Å². The molecule has 2 rings (SSSR count). The quantitative estimate of drug-likeness (QED) is 0.896. The van der Waals surface area contributed by atoms with Gasteiger partial charge in [0, 0.05) is 18.0 Å². The highest BCUT2D eigenvalue weighted by Gasteiger charge is 2.22. The highest BCUT2D eigenvalue weighted by molar-refractivity contribution is 9.10. The van der Waals surface area contributed by atoms with E-state index in [-0.39, 0.29) is 12.2 Å². The van der Waals surface area contributed by atoms with Gasteiger partial charge in [0.15, 0.2) is 0 Å². The molecule has 20 heavy (non-hydrogen) atoms. The smallest absolute Gasteiger partial charge is 0.127 e. The zero-order valence-electron chi connectivity index (χ0n) is 11.1. The van der Waals surface area contributed by atoms with Crippen molar-refractivity contribution in [3.8, 4) is 0 Å². The van der Waals surface area contributed by atoms with Gasteiger partial charge in [-0.05, 0) is 23.3 Å². The molecule has 0 amide bonds. The van der Waals surface area contributed by atoms with E-state index in [1.54, 1.807) is 19.2 Å². The third kappa shape index (κ3) is 3.66. The highest BCUT2D eigenvalue weighted by Crippen LogP contribution is 2.24. The monoisotopic (exact) mass is 338 g/mol. The highest BCUT2D eigenvalue weighted by atomic mass is 79.9. The number of aliphatic hydroxyl groups is 1. The van der Waals surface area contributed by atoms with Gasteiger partial charge in [-0.3, -0.25) is 0 Å². The Morgan fingerprint density at radius 2 is 1.90 bits per heavy atom. The number of methoxy groups -OCH3 is 1. The number of halogens is 2. The van der Waals surface area contributed by atoms with Gasteiger partial charge in [-0.25, -0.2) is 4.39 Å². The number of benzene rings is 2. The second-order valence-electron chi connectivity index (χ2n) is 4.57. The summed E-state index contributed by atoms with van der Waals surface area (Å²) in [6.07, 6.45) is -1.08. The zero-order valence-corrected chi connectivity index (χ0v) is 12.7. The van der Waals surface area contributed by atoms with E-state index in [4.69, 9.17) is 4.74 Å². The summed E-state index contributed by atoms with van der Waals surface area (Å²) in [6.45, 7) is 0. The van der Waals surface area contributed by atoms with E-state index in [1.807, 2.05) is 30.3 Å². The molecule has 1 N–H and O–H groups in total. The molecule has 2 atom stereocenters. The van der Waals surface area contributed by atoms with E-state index in [1.165, 1.54) is 6.07 Å².